The molecule has 1 saturated heterocycles. The number of hydrogen-bond donors (Lipinski definition) is 1. The van der Waals surface area contributed by atoms with E-state index in [1.54, 1.807) is 0 Å². The maximum absolute atomic E-state index is 13.3. The number of anilines is 2. The molecule has 0 unspecified atom stereocenters. The molecule has 1 fully saturated rings. The number of aromatic nitrogens is 1. The summed E-state index contributed by atoms with van der Waals surface area (Å²) >= 11 is 0. The average Bonchev–Trinajstić information content (AvgIpc) is 3.03. The van der Waals surface area contributed by atoms with Crippen molar-refractivity contribution in [2.45, 2.75) is 32.4 Å². The van der Waals surface area contributed by atoms with E-state index in [4.69, 9.17) is 0 Å². The molecule has 2 atom stereocenters. The van der Waals surface area contributed by atoms with Crippen LogP contribution in [0.15, 0.2) is 48.7 Å². The van der Waals surface area contributed by atoms with Crippen molar-refractivity contribution in [1.82, 2.24) is 0 Å². The van der Waals surface area contributed by atoms with Crippen LogP contribution >= 0.6 is 0 Å². The number of nitrogens with zero attached hydrogens (tertiary/aromatic N) is 2. The summed E-state index contributed by atoms with van der Waals surface area (Å²) in [6.45, 7) is 8.16. The second-order valence-electron chi connectivity index (χ2n) is 7.50. The number of piperazine rings is 1. The zero-order chi connectivity index (χ0) is 18.1. The predicted octanol–water partition coefficient (Wildman–Crippen LogP) is 0.572. The Hall–Kier alpha value is -2.40. The Balaban J connectivity index is 1.42. The van der Waals surface area contributed by atoms with E-state index in [0.29, 0.717) is 0 Å². The van der Waals surface area contributed by atoms with Gasteiger partial charge < -0.3 is 9.80 Å². The molecule has 5 nitrogen and oxygen atoms in total. The first-order chi connectivity index (χ1) is 12.6. The Labute approximate surface area is 155 Å². The Morgan fingerprint density at radius 1 is 1.15 bits per heavy atom. The van der Waals surface area contributed by atoms with Crippen LogP contribution in [0.25, 0.3) is 0 Å². The van der Waals surface area contributed by atoms with Gasteiger partial charge in [0.1, 0.15) is 26.2 Å². The number of H-pyrrole nitrogens is 1. The average molecular weight is 352 g/mol. The molecular formula is C21H28N4O+2. The van der Waals surface area contributed by atoms with Gasteiger partial charge in [0, 0.05) is 17.8 Å². The fourth-order valence-corrected chi connectivity index (χ4v) is 4.33. The number of hydrogen-bond acceptors (Lipinski definition) is 2. The van der Waals surface area contributed by atoms with Crippen LogP contribution in [0.2, 0.25) is 0 Å². The molecular weight excluding hydrogens is 324 g/mol. The highest BCUT2D eigenvalue weighted by atomic mass is 16.2. The van der Waals surface area contributed by atoms with Crippen molar-refractivity contribution in [2.75, 3.05) is 36.0 Å². The number of amides is 1. The molecule has 2 aromatic rings. The molecule has 0 radical (unpaired) electrons. The highest BCUT2D eigenvalue weighted by Crippen LogP contribution is 2.32. The first kappa shape index (κ1) is 17.0. The zero-order valence-electron chi connectivity index (χ0n) is 15.6. The predicted molar refractivity (Wildman–Crippen MR) is 102 cm³/mol. The minimum Gasteiger partial charge on any atom is -0.318 e. The number of fused-ring (bicyclic) bond motifs is 1. The molecule has 0 bridgehead atoms. The van der Waals surface area contributed by atoms with Gasteiger partial charge in [0.2, 0.25) is 0 Å². The third-order valence-electron chi connectivity index (χ3n) is 5.87. The second kappa shape index (κ2) is 7.08. The SMILES string of the molecule is C[C@H](C(=O)N1c2ccccc2C[C@@H]1C)[NH+]1CCN(c2cccc[nH+]2)CC1. The van der Waals surface area contributed by atoms with Crippen molar-refractivity contribution < 1.29 is 14.7 Å². The number of benzene rings is 1. The van der Waals surface area contributed by atoms with Crippen LogP contribution in [0, 0.1) is 0 Å². The lowest BCUT2D eigenvalue weighted by molar-refractivity contribution is -0.914. The highest BCUT2D eigenvalue weighted by Gasteiger charge is 2.39. The largest absolute Gasteiger partial charge is 0.318 e. The number of carbonyl (C=O) groups is 1. The fraction of sp³-hybridized carbons (Fsp3) is 0.429. The smallest absolute Gasteiger partial charge is 0.285 e. The van der Waals surface area contributed by atoms with Gasteiger partial charge in [-0.2, -0.15) is 0 Å². The van der Waals surface area contributed by atoms with Crippen molar-refractivity contribution >= 4 is 17.4 Å². The first-order valence-electron chi connectivity index (χ1n) is 9.62. The summed E-state index contributed by atoms with van der Waals surface area (Å²) in [5.74, 6) is 1.42. The molecule has 136 valence electrons. The van der Waals surface area contributed by atoms with Crippen molar-refractivity contribution in [1.29, 1.82) is 0 Å². The van der Waals surface area contributed by atoms with Crippen molar-refractivity contribution in [2.24, 2.45) is 0 Å². The summed E-state index contributed by atoms with van der Waals surface area (Å²) in [5.41, 5.74) is 2.40. The molecule has 4 rings (SSSR count). The van der Waals surface area contributed by atoms with Crippen molar-refractivity contribution in [3.63, 3.8) is 0 Å². The van der Waals surface area contributed by atoms with E-state index in [1.165, 1.54) is 10.5 Å². The number of nitrogens with one attached hydrogen (secondary N) is 2. The van der Waals surface area contributed by atoms with E-state index in [9.17, 15) is 4.79 Å². The normalized spacial score (nSPS) is 21.5. The van der Waals surface area contributed by atoms with E-state index in [-0.39, 0.29) is 18.0 Å². The summed E-state index contributed by atoms with van der Waals surface area (Å²) in [6.07, 6.45) is 2.93. The molecule has 0 spiro atoms. The van der Waals surface area contributed by atoms with Crippen LogP contribution in [-0.4, -0.2) is 44.2 Å². The van der Waals surface area contributed by atoms with E-state index in [2.05, 4.69) is 54.1 Å². The van der Waals surface area contributed by atoms with Gasteiger partial charge in [-0.3, -0.25) is 9.69 Å². The van der Waals surface area contributed by atoms with E-state index < -0.39 is 0 Å². The van der Waals surface area contributed by atoms with Gasteiger partial charge in [0.05, 0.1) is 6.20 Å². The van der Waals surface area contributed by atoms with Crippen molar-refractivity contribution in [3.05, 3.63) is 54.2 Å². The summed E-state index contributed by atoms with van der Waals surface area (Å²) < 4.78 is 0. The number of pyridine rings is 1. The molecule has 3 heterocycles. The Kier molecular flexibility index (Phi) is 4.64. The van der Waals surface area contributed by atoms with Gasteiger partial charge in [0.15, 0.2) is 6.04 Å². The summed E-state index contributed by atoms with van der Waals surface area (Å²) in [4.78, 5) is 22.4. The highest BCUT2D eigenvalue weighted by molar-refractivity contribution is 5.98. The molecule has 0 saturated carbocycles. The minimum absolute atomic E-state index is 0.00879. The first-order valence-corrected chi connectivity index (χ1v) is 9.62. The van der Waals surface area contributed by atoms with Crippen LogP contribution in [-0.2, 0) is 11.2 Å². The van der Waals surface area contributed by atoms with E-state index in [0.717, 1.165) is 44.1 Å². The third kappa shape index (κ3) is 3.07. The third-order valence-corrected chi connectivity index (χ3v) is 5.87. The number of carbonyl (C=O) groups excluding carboxylic acids is 1. The Morgan fingerprint density at radius 2 is 1.88 bits per heavy atom. The van der Waals surface area contributed by atoms with E-state index >= 15 is 0 Å². The number of aromatic amines is 1. The maximum atomic E-state index is 13.3. The summed E-state index contributed by atoms with van der Waals surface area (Å²) in [6, 6.07) is 14.7. The Morgan fingerprint density at radius 3 is 2.62 bits per heavy atom. The monoisotopic (exact) mass is 352 g/mol. The zero-order valence-corrected chi connectivity index (χ0v) is 15.6. The fourth-order valence-electron chi connectivity index (χ4n) is 4.33. The molecule has 2 aliphatic rings. The molecule has 2 N–H and O–H groups in total. The van der Waals surface area contributed by atoms with E-state index in [1.807, 2.05) is 23.2 Å². The lowest BCUT2D eigenvalue weighted by Gasteiger charge is -2.34. The van der Waals surface area contributed by atoms with Crippen LogP contribution < -0.4 is 19.7 Å². The van der Waals surface area contributed by atoms with Gasteiger partial charge in [-0.15, -0.1) is 0 Å². The quantitative estimate of drug-likeness (QED) is 0.878. The lowest BCUT2D eigenvalue weighted by atomic mass is 10.1. The molecule has 0 aliphatic carbocycles. The maximum Gasteiger partial charge on any atom is 0.285 e. The summed E-state index contributed by atoms with van der Waals surface area (Å²) in [7, 11) is 0. The van der Waals surface area contributed by atoms with Crippen LogP contribution in [0.3, 0.4) is 0 Å². The molecule has 1 aromatic heterocycles. The van der Waals surface area contributed by atoms with Crippen LogP contribution in [0.1, 0.15) is 19.4 Å². The van der Waals surface area contributed by atoms with Gasteiger partial charge in [-0.05, 0) is 38.0 Å². The minimum atomic E-state index is -0.00879. The molecule has 26 heavy (non-hydrogen) atoms. The molecule has 5 heteroatoms. The van der Waals surface area contributed by atoms with Gasteiger partial charge in [0.25, 0.3) is 11.7 Å². The van der Waals surface area contributed by atoms with Crippen LogP contribution in [0.5, 0.6) is 0 Å². The topological polar surface area (TPSA) is 42.1 Å². The molecule has 2 aliphatic heterocycles. The van der Waals surface area contributed by atoms with Crippen molar-refractivity contribution in [3.8, 4) is 0 Å². The lowest BCUT2D eigenvalue weighted by Crippen LogP contribution is -3.19. The second-order valence-corrected chi connectivity index (χ2v) is 7.50. The molecule has 1 amide bonds. The Bertz CT molecular complexity index is 771. The van der Waals surface area contributed by atoms with Crippen LogP contribution in [0.4, 0.5) is 11.5 Å². The number of para-hydroxylation sites is 1. The van der Waals surface area contributed by atoms with Gasteiger partial charge >= 0.3 is 0 Å². The number of quaternary nitrogens is 1. The molecule has 1 aromatic carbocycles. The number of rotatable bonds is 3. The van der Waals surface area contributed by atoms with Gasteiger partial charge in [-0.1, -0.05) is 24.3 Å². The standard InChI is InChI=1S/C21H26N4O/c1-16-15-18-7-3-4-8-19(18)25(16)21(26)17(2)23-11-13-24(14-12-23)20-9-5-6-10-22-20/h3-10,16-17H,11-15H2,1-2H3/p+2/t16-,17+/m0/s1. The summed E-state index contributed by atoms with van der Waals surface area (Å²) in [5, 5.41) is 0. The van der Waals surface area contributed by atoms with Gasteiger partial charge in [-0.25, -0.2) is 4.98 Å².